The van der Waals surface area contributed by atoms with Crippen molar-refractivity contribution in [1.29, 1.82) is 0 Å². The molecule has 0 saturated carbocycles. The van der Waals surface area contributed by atoms with E-state index in [2.05, 4.69) is 20.6 Å². The lowest BCUT2D eigenvalue weighted by molar-refractivity contribution is 0.600. The van der Waals surface area contributed by atoms with Crippen molar-refractivity contribution in [2.24, 2.45) is 4.99 Å². The average molecular weight is 412 g/mol. The Bertz CT molecular complexity index is 505. The second-order valence-electron chi connectivity index (χ2n) is 4.07. The molecule has 2 N–H and O–H groups in total. The number of guanidine groups is 1. The van der Waals surface area contributed by atoms with Crippen LogP contribution in [0.4, 0.5) is 0 Å². The van der Waals surface area contributed by atoms with Crippen molar-refractivity contribution in [3.63, 3.8) is 0 Å². The third-order valence-electron chi connectivity index (χ3n) is 2.23. The molecule has 1 heterocycles. The molecule has 0 aliphatic heterocycles. The summed E-state index contributed by atoms with van der Waals surface area (Å²) >= 11 is 0. The topological polar surface area (TPSA) is 83.4 Å². The van der Waals surface area contributed by atoms with E-state index in [1.807, 2.05) is 25.1 Å². The first kappa shape index (κ1) is 19.1. The fourth-order valence-electron chi connectivity index (χ4n) is 1.35. The third kappa shape index (κ3) is 9.08. The monoisotopic (exact) mass is 412 g/mol. The largest absolute Gasteiger partial charge is 0.357 e. The molecular formula is C12H21IN4O2S. The van der Waals surface area contributed by atoms with E-state index >= 15 is 0 Å². The van der Waals surface area contributed by atoms with Gasteiger partial charge in [-0.05, 0) is 19.1 Å². The van der Waals surface area contributed by atoms with E-state index in [1.165, 1.54) is 6.26 Å². The number of nitrogens with one attached hydrogen (secondary N) is 2. The minimum Gasteiger partial charge on any atom is -0.357 e. The zero-order valence-corrected chi connectivity index (χ0v) is 14.8. The van der Waals surface area contributed by atoms with Gasteiger partial charge in [0.1, 0.15) is 9.84 Å². The van der Waals surface area contributed by atoms with Crippen LogP contribution in [0.15, 0.2) is 29.4 Å². The fourth-order valence-corrected chi connectivity index (χ4v) is 1.82. The van der Waals surface area contributed by atoms with Crippen molar-refractivity contribution in [3.8, 4) is 0 Å². The molecule has 114 valence electrons. The Morgan fingerprint density at radius 1 is 1.35 bits per heavy atom. The van der Waals surface area contributed by atoms with E-state index < -0.39 is 9.84 Å². The molecule has 0 aromatic carbocycles. The van der Waals surface area contributed by atoms with E-state index in [-0.39, 0.29) is 29.7 Å². The molecular weight excluding hydrogens is 391 g/mol. The van der Waals surface area contributed by atoms with Gasteiger partial charge in [0, 0.05) is 25.5 Å². The van der Waals surface area contributed by atoms with Gasteiger partial charge in [-0.15, -0.1) is 24.0 Å². The van der Waals surface area contributed by atoms with Crippen LogP contribution in [0.25, 0.3) is 0 Å². The lowest BCUT2D eigenvalue weighted by Crippen LogP contribution is -2.39. The van der Waals surface area contributed by atoms with Gasteiger partial charge in [0.2, 0.25) is 0 Å². The molecule has 1 aromatic heterocycles. The number of sulfone groups is 1. The van der Waals surface area contributed by atoms with Crippen LogP contribution in [0.5, 0.6) is 0 Å². The second kappa shape index (κ2) is 9.92. The predicted octanol–water partition coefficient (Wildman–Crippen LogP) is 0.799. The highest BCUT2D eigenvalue weighted by Crippen LogP contribution is 1.95. The maximum atomic E-state index is 11.0. The number of pyridine rings is 1. The summed E-state index contributed by atoms with van der Waals surface area (Å²) in [5, 5.41) is 6.03. The number of halogens is 1. The van der Waals surface area contributed by atoms with Gasteiger partial charge in [0.05, 0.1) is 18.0 Å². The van der Waals surface area contributed by atoms with E-state index in [9.17, 15) is 8.42 Å². The molecule has 6 nitrogen and oxygen atoms in total. The molecule has 0 amide bonds. The predicted molar refractivity (Wildman–Crippen MR) is 92.2 cm³/mol. The van der Waals surface area contributed by atoms with Crippen molar-refractivity contribution in [2.45, 2.75) is 13.5 Å². The van der Waals surface area contributed by atoms with Gasteiger partial charge in [0.25, 0.3) is 0 Å². The second-order valence-corrected chi connectivity index (χ2v) is 6.33. The molecule has 1 rings (SSSR count). The first-order valence-corrected chi connectivity index (χ1v) is 8.17. The Hall–Kier alpha value is -0.900. The van der Waals surface area contributed by atoms with Gasteiger partial charge in [-0.2, -0.15) is 0 Å². The van der Waals surface area contributed by atoms with Crippen molar-refractivity contribution >= 4 is 39.8 Å². The molecule has 1 aromatic rings. The molecule has 0 bridgehead atoms. The summed E-state index contributed by atoms with van der Waals surface area (Å²) < 4.78 is 22.1. The number of rotatable bonds is 6. The molecule has 8 heteroatoms. The SMILES string of the molecule is CCNC(=NCc1ccccn1)NCCS(C)(=O)=O.I. The van der Waals surface area contributed by atoms with Crippen LogP contribution in [0.2, 0.25) is 0 Å². The highest BCUT2D eigenvalue weighted by atomic mass is 127. The first-order valence-electron chi connectivity index (χ1n) is 6.11. The Morgan fingerprint density at radius 3 is 2.65 bits per heavy atom. The lowest BCUT2D eigenvalue weighted by atomic mass is 10.3. The molecule has 0 spiro atoms. The normalized spacial score (nSPS) is 11.6. The van der Waals surface area contributed by atoms with E-state index in [1.54, 1.807) is 6.20 Å². The van der Waals surface area contributed by atoms with E-state index in [0.717, 1.165) is 5.69 Å². The van der Waals surface area contributed by atoms with Gasteiger partial charge in [-0.25, -0.2) is 13.4 Å². The van der Waals surface area contributed by atoms with Crippen molar-refractivity contribution in [1.82, 2.24) is 15.6 Å². The summed E-state index contributed by atoms with van der Waals surface area (Å²) in [7, 11) is -2.96. The third-order valence-corrected chi connectivity index (χ3v) is 3.18. The summed E-state index contributed by atoms with van der Waals surface area (Å²) in [4.78, 5) is 8.51. The maximum absolute atomic E-state index is 11.0. The van der Waals surface area contributed by atoms with Crippen LogP contribution in [0.3, 0.4) is 0 Å². The average Bonchev–Trinajstić information content (AvgIpc) is 2.36. The molecule has 0 saturated heterocycles. The number of hydrogen-bond acceptors (Lipinski definition) is 4. The maximum Gasteiger partial charge on any atom is 0.191 e. The van der Waals surface area contributed by atoms with Crippen LogP contribution in [0, 0.1) is 0 Å². The van der Waals surface area contributed by atoms with Gasteiger partial charge >= 0.3 is 0 Å². The van der Waals surface area contributed by atoms with Crippen LogP contribution in [-0.2, 0) is 16.4 Å². The molecule has 0 atom stereocenters. The van der Waals surface area contributed by atoms with Crippen molar-refractivity contribution in [2.75, 3.05) is 25.1 Å². The van der Waals surface area contributed by atoms with Crippen molar-refractivity contribution in [3.05, 3.63) is 30.1 Å². The van der Waals surface area contributed by atoms with Crippen LogP contribution in [0.1, 0.15) is 12.6 Å². The van der Waals surface area contributed by atoms with E-state index in [0.29, 0.717) is 25.6 Å². The molecule has 0 aliphatic carbocycles. The fraction of sp³-hybridized carbons (Fsp3) is 0.500. The molecule has 0 radical (unpaired) electrons. The van der Waals surface area contributed by atoms with Crippen LogP contribution in [-0.4, -0.2) is 44.5 Å². The quantitative estimate of drug-likeness (QED) is 0.410. The van der Waals surface area contributed by atoms with Crippen LogP contribution < -0.4 is 10.6 Å². The summed E-state index contributed by atoms with van der Waals surface area (Å²) in [5.74, 6) is 0.679. The minimum absolute atomic E-state index is 0. The number of aliphatic imine (C=N–C) groups is 1. The van der Waals surface area contributed by atoms with Gasteiger partial charge in [-0.3, -0.25) is 4.98 Å². The summed E-state index contributed by atoms with van der Waals surface area (Å²) in [6.07, 6.45) is 2.93. The van der Waals surface area contributed by atoms with Gasteiger partial charge in [-0.1, -0.05) is 6.07 Å². The molecule has 0 unspecified atom stereocenters. The van der Waals surface area contributed by atoms with Gasteiger partial charge < -0.3 is 10.6 Å². The standard InChI is InChI=1S/C12H20N4O2S.HI/c1-3-13-12(15-8-9-19(2,17)18)16-10-11-6-4-5-7-14-11;/h4-7H,3,8-10H2,1-2H3,(H2,13,15,16);1H. The highest BCUT2D eigenvalue weighted by Gasteiger charge is 2.03. The van der Waals surface area contributed by atoms with Crippen molar-refractivity contribution < 1.29 is 8.42 Å². The molecule has 0 fully saturated rings. The molecule has 0 aliphatic rings. The number of hydrogen-bond donors (Lipinski definition) is 2. The van der Waals surface area contributed by atoms with Crippen LogP contribution >= 0.6 is 24.0 Å². The summed E-state index contributed by atoms with van der Waals surface area (Å²) in [5.41, 5.74) is 0.864. The van der Waals surface area contributed by atoms with Gasteiger partial charge in [0.15, 0.2) is 5.96 Å². The minimum atomic E-state index is -2.96. The Morgan fingerprint density at radius 2 is 2.10 bits per heavy atom. The number of aromatic nitrogens is 1. The Kier molecular flexibility index (Phi) is 9.47. The smallest absolute Gasteiger partial charge is 0.191 e. The highest BCUT2D eigenvalue weighted by molar-refractivity contribution is 14.0. The Balaban J connectivity index is 0.00000361. The zero-order chi connectivity index (χ0) is 14.1. The summed E-state index contributed by atoms with van der Waals surface area (Å²) in [6, 6.07) is 5.65. The summed E-state index contributed by atoms with van der Waals surface area (Å²) in [6.45, 7) is 3.46. The lowest BCUT2D eigenvalue weighted by Gasteiger charge is -2.10. The molecule has 20 heavy (non-hydrogen) atoms. The zero-order valence-electron chi connectivity index (χ0n) is 11.7. The first-order chi connectivity index (χ1) is 9.01. The van der Waals surface area contributed by atoms with E-state index in [4.69, 9.17) is 0 Å². The number of nitrogens with zero attached hydrogens (tertiary/aromatic N) is 2. The Labute approximate surface area is 137 Å².